The third-order valence-electron chi connectivity index (χ3n) is 4.47. The molecule has 4 rings (SSSR count). The monoisotopic (exact) mass is 416 g/mol. The van der Waals surface area contributed by atoms with E-state index in [2.05, 4.69) is 10.2 Å². The number of Topliss-reactive ketones (excluding diaryl/α,β-unsaturated/α-hetero) is 1. The highest BCUT2D eigenvalue weighted by atomic mass is 32.2. The van der Waals surface area contributed by atoms with Gasteiger partial charge >= 0.3 is 0 Å². The first-order valence-corrected chi connectivity index (χ1v) is 10.5. The predicted octanol–water partition coefficient (Wildman–Crippen LogP) is 5.60. The lowest BCUT2D eigenvalue weighted by Crippen LogP contribution is -2.02. The molecule has 0 radical (unpaired) electrons. The van der Waals surface area contributed by atoms with Gasteiger partial charge in [-0.1, -0.05) is 84.1 Å². The first kappa shape index (κ1) is 19.9. The summed E-state index contributed by atoms with van der Waals surface area (Å²) >= 11 is 1.22. The van der Waals surface area contributed by atoms with E-state index in [4.69, 9.17) is 9.15 Å². The molecule has 0 N–H and O–H groups in total. The number of nitrogens with zero attached hydrogens (tertiary/aromatic N) is 2. The van der Waals surface area contributed by atoms with Gasteiger partial charge in [0.05, 0.1) is 5.75 Å². The maximum Gasteiger partial charge on any atom is 0.277 e. The van der Waals surface area contributed by atoms with Crippen LogP contribution in [0.3, 0.4) is 0 Å². The van der Waals surface area contributed by atoms with Crippen LogP contribution < -0.4 is 4.74 Å². The topological polar surface area (TPSA) is 65.2 Å². The lowest BCUT2D eigenvalue weighted by atomic mass is 10.0. The molecule has 6 heteroatoms. The Labute approximate surface area is 179 Å². The van der Waals surface area contributed by atoms with E-state index in [-0.39, 0.29) is 18.1 Å². The van der Waals surface area contributed by atoms with Gasteiger partial charge in [0.2, 0.25) is 0 Å². The summed E-state index contributed by atoms with van der Waals surface area (Å²) in [6.07, 6.45) is 0. The first-order chi connectivity index (χ1) is 14.7. The van der Waals surface area contributed by atoms with Crippen molar-refractivity contribution in [2.24, 2.45) is 0 Å². The summed E-state index contributed by atoms with van der Waals surface area (Å²) in [5.41, 5.74) is 4.02. The highest BCUT2D eigenvalue weighted by Gasteiger charge is 2.12. The van der Waals surface area contributed by atoms with E-state index in [1.807, 2.05) is 85.8 Å². The standard InChI is InChI=1S/C24H20N2O3S/c1-17-7-13-21(14-8-17)28-15-23-25-26-24(29-23)30-16-22(27)20-11-9-19(10-12-20)18-5-3-2-4-6-18/h2-14H,15-16H2,1H3. The highest BCUT2D eigenvalue weighted by molar-refractivity contribution is 7.99. The van der Waals surface area contributed by atoms with E-state index >= 15 is 0 Å². The second-order valence-electron chi connectivity index (χ2n) is 6.72. The van der Waals surface area contributed by atoms with Crippen molar-refractivity contribution in [3.05, 3.63) is 95.9 Å². The van der Waals surface area contributed by atoms with E-state index in [0.717, 1.165) is 22.4 Å². The number of benzene rings is 3. The first-order valence-electron chi connectivity index (χ1n) is 9.51. The van der Waals surface area contributed by atoms with Gasteiger partial charge in [-0.05, 0) is 30.2 Å². The van der Waals surface area contributed by atoms with E-state index in [1.165, 1.54) is 11.8 Å². The maximum atomic E-state index is 12.5. The number of thioether (sulfide) groups is 1. The zero-order chi connectivity index (χ0) is 20.8. The van der Waals surface area contributed by atoms with E-state index in [9.17, 15) is 4.79 Å². The Balaban J connectivity index is 1.29. The third kappa shape index (κ3) is 5.15. The number of aromatic nitrogens is 2. The number of ketones is 1. The van der Waals surface area contributed by atoms with Crippen molar-refractivity contribution in [3.63, 3.8) is 0 Å². The highest BCUT2D eigenvalue weighted by Crippen LogP contribution is 2.22. The smallest absolute Gasteiger partial charge is 0.277 e. The summed E-state index contributed by atoms with van der Waals surface area (Å²) < 4.78 is 11.2. The van der Waals surface area contributed by atoms with E-state index in [1.54, 1.807) is 0 Å². The average Bonchev–Trinajstić information content (AvgIpc) is 3.26. The molecule has 1 aromatic heterocycles. The SMILES string of the molecule is Cc1ccc(OCc2nnc(SCC(=O)c3ccc(-c4ccccc4)cc3)o2)cc1. The third-order valence-corrected chi connectivity index (χ3v) is 5.29. The molecule has 0 bridgehead atoms. The number of carbonyl (C=O) groups excluding carboxylic acids is 1. The molecule has 0 amide bonds. The van der Waals surface area contributed by atoms with Gasteiger partial charge in [0.25, 0.3) is 11.1 Å². The lowest BCUT2D eigenvalue weighted by molar-refractivity contribution is 0.102. The van der Waals surface area contributed by atoms with Crippen molar-refractivity contribution in [1.82, 2.24) is 10.2 Å². The van der Waals surface area contributed by atoms with Crippen molar-refractivity contribution in [2.75, 3.05) is 5.75 Å². The molecule has 30 heavy (non-hydrogen) atoms. The van der Waals surface area contributed by atoms with Crippen LogP contribution in [0.4, 0.5) is 0 Å². The van der Waals surface area contributed by atoms with Gasteiger partial charge in [-0.15, -0.1) is 10.2 Å². The quantitative estimate of drug-likeness (QED) is 0.275. The molecule has 0 atom stereocenters. The van der Waals surface area contributed by atoms with Crippen LogP contribution in [0.1, 0.15) is 21.8 Å². The molecule has 0 saturated heterocycles. The van der Waals surface area contributed by atoms with Crippen LogP contribution in [0.15, 0.2) is 88.5 Å². The molecule has 4 aromatic rings. The number of hydrogen-bond acceptors (Lipinski definition) is 6. The van der Waals surface area contributed by atoms with Crippen LogP contribution in [-0.2, 0) is 6.61 Å². The zero-order valence-corrected chi connectivity index (χ0v) is 17.3. The summed E-state index contributed by atoms with van der Waals surface area (Å²) in [4.78, 5) is 12.5. The summed E-state index contributed by atoms with van der Waals surface area (Å²) in [5.74, 6) is 1.35. The number of hydrogen-bond donors (Lipinski definition) is 0. The average molecular weight is 417 g/mol. The lowest BCUT2D eigenvalue weighted by Gasteiger charge is -2.04. The number of carbonyl (C=O) groups is 1. The van der Waals surface area contributed by atoms with Crippen LogP contribution in [0.2, 0.25) is 0 Å². The summed E-state index contributed by atoms with van der Waals surface area (Å²) in [7, 11) is 0. The van der Waals surface area contributed by atoms with Crippen LogP contribution in [-0.4, -0.2) is 21.7 Å². The van der Waals surface area contributed by atoms with E-state index in [0.29, 0.717) is 16.7 Å². The molecule has 0 unspecified atom stereocenters. The Morgan fingerprint density at radius 3 is 2.33 bits per heavy atom. The minimum absolute atomic E-state index is 0.00951. The molecule has 0 saturated carbocycles. The Kier molecular flexibility index (Phi) is 6.25. The van der Waals surface area contributed by atoms with Crippen LogP contribution in [0.25, 0.3) is 11.1 Å². The van der Waals surface area contributed by atoms with Crippen LogP contribution in [0, 0.1) is 6.92 Å². The minimum atomic E-state index is 0.00951. The van der Waals surface area contributed by atoms with Gasteiger partial charge in [0.15, 0.2) is 12.4 Å². The van der Waals surface area contributed by atoms with Crippen molar-refractivity contribution in [3.8, 4) is 16.9 Å². The molecule has 3 aromatic carbocycles. The summed E-state index contributed by atoms with van der Waals surface area (Å²) in [5, 5.41) is 8.30. The fraction of sp³-hybridized carbons (Fsp3) is 0.125. The molecule has 0 fully saturated rings. The Hall–Kier alpha value is -3.38. The Morgan fingerprint density at radius 2 is 1.60 bits per heavy atom. The molecule has 150 valence electrons. The molecule has 0 aliphatic heterocycles. The molecule has 0 aliphatic carbocycles. The summed E-state index contributed by atoms with van der Waals surface area (Å²) in [6.45, 7) is 2.20. The number of ether oxygens (including phenoxy) is 1. The fourth-order valence-corrected chi connectivity index (χ4v) is 3.50. The molecule has 0 spiro atoms. The summed E-state index contributed by atoms with van der Waals surface area (Å²) in [6, 6.07) is 25.4. The van der Waals surface area contributed by atoms with Gasteiger partial charge in [-0.2, -0.15) is 0 Å². The normalized spacial score (nSPS) is 10.7. The Morgan fingerprint density at radius 1 is 0.900 bits per heavy atom. The largest absolute Gasteiger partial charge is 0.484 e. The maximum absolute atomic E-state index is 12.5. The molecular weight excluding hydrogens is 396 g/mol. The van der Waals surface area contributed by atoms with Crippen LogP contribution in [0.5, 0.6) is 5.75 Å². The second-order valence-corrected chi connectivity index (χ2v) is 7.65. The van der Waals surface area contributed by atoms with Crippen molar-refractivity contribution in [1.29, 1.82) is 0 Å². The van der Waals surface area contributed by atoms with Crippen molar-refractivity contribution in [2.45, 2.75) is 18.8 Å². The minimum Gasteiger partial charge on any atom is -0.484 e. The Bertz CT molecular complexity index is 1110. The molecular formula is C24H20N2O3S. The predicted molar refractivity (Wildman–Crippen MR) is 117 cm³/mol. The molecule has 0 aliphatic rings. The number of rotatable bonds is 8. The van der Waals surface area contributed by atoms with Crippen LogP contribution >= 0.6 is 11.8 Å². The van der Waals surface area contributed by atoms with E-state index < -0.39 is 0 Å². The fourth-order valence-electron chi connectivity index (χ4n) is 2.82. The van der Waals surface area contributed by atoms with Gasteiger partial charge < -0.3 is 9.15 Å². The van der Waals surface area contributed by atoms with Gasteiger partial charge in [-0.3, -0.25) is 4.79 Å². The molecule has 1 heterocycles. The van der Waals surface area contributed by atoms with Gasteiger partial charge in [0.1, 0.15) is 5.75 Å². The number of aryl methyl sites for hydroxylation is 1. The van der Waals surface area contributed by atoms with Gasteiger partial charge in [0, 0.05) is 5.56 Å². The van der Waals surface area contributed by atoms with Crippen molar-refractivity contribution >= 4 is 17.5 Å². The van der Waals surface area contributed by atoms with Crippen molar-refractivity contribution < 1.29 is 13.9 Å². The zero-order valence-electron chi connectivity index (χ0n) is 16.4. The molecule has 5 nitrogen and oxygen atoms in total. The second kappa shape index (κ2) is 9.41. The van der Waals surface area contributed by atoms with Gasteiger partial charge in [-0.25, -0.2) is 0 Å².